The van der Waals surface area contributed by atoms with Crippen molar-refractivity contribution in [2.75, 3.05) is 13.2 Å². The van der Waals surface area contributed by atoms with E-state index in [2.05, 4.69) is 16.0 Å². The Morgan fingerprint density at radius 1 is 1.07 bits per heavy atom. The number of rotatable bonds is 10. The second-order valence-corrected chi connectivity index (χ2v) is 5.89. The lowest BCUT2D eigenvalue weighted by Crippen LogP contribution is -2.54. The first-order chi connectivity index (χ1) is 12.7. The fourth-order valence-electron chi connectivity index (χ4n) is 2.07. The quantitative estimate of drug-likeness (QED) is 0.266. The van der Waals surface area contributed by atoms with E-state index in [0.717, 1.165) is 5.56 Å². The molecule has 0 saturated carbocycles. The maximum atomic E-state index is 12.4. The molecule has 148 valence electrons. The molecule has 1 aromatic carbocycles. The lowest BCUT2D eigenvalue weighted by Gasteiger charge is -2.20. The van der Waals surface area contributed by atoms with Crippen LogP contribution in [0.25, 0.3) is 0 Å². The standard InChI is InChI=1S/C17H24N4O6/c1-10(17(26)27)20-14(23)8-19-16(25)13(21-15(24)12(18)9-22)7-11-5-3-2-4-6-11/h2-6,10,12-13,22H,7-9,18H2,1H3,(H,19,25)(H,20,23)(H,21,24)(H,26,27). The Balaban J connectivity index is 2.72. The summed E-state index contributed by atoms with van der Waals surface area (Å²) in [5.74, 6) is -3.25. The molecular weight excluding hydrogens is 356 g/mol. The first-order valence-corrected chi connectivity index (χ1v) is 8.25. The molecule has 0 aliphatic heterocycles. The molecule has 1 rings (SSSR count). The Morgan fingerprint density at radius 2 is 1.70 bits per heavy atom. The molecule has 0 bridgehead atoms. The van der Waals surface area contributed by atoms with Crippen LogP contribution in [0, 0.1) is 0 Å². The molecule has 27 heavy (non-hydrogen) atoms. The molecule has 0 spiro atoms. The van der Waals surface area contributed by atoms with E-state index in [1.807, 2.05) is 0 Å². The van der Waals surface area contributed by atoms with Crippen molar-refractivity contribution >= 4 is 23.7 Å². The SMILES string of the molecule is CC(NC(=O)CNC(=O)C(Cc1ccccc1)NC(=O)C(N)CO)C(=O)O. The van der Waals surface area contributed by atoms with E-state index >= 15 is 0 Å². The molecule has 0 aromatic heterocycles. The number of aliphatic carboxylic acids is 1. The van der Waals surface area contributed by atoms with E-state index in [0.29, 0.717) is 0 Å². The second kappa shape index (κ2) is 10.9. The highest BCUT2D eigenvalue weighted by Gasteiger charge is 2.24. The maximum absolute atomic E-state index is 12.4. The van der Waals surface area contributed by atoms with Gasteiger partial charge in [-0.25, -0.2) is 0 Å². The predicted molar refractivity (Wildman–Crippen MR) is 95.4 cm³/mol. The summed E-state index contributed by atoms with van der Waals surface area (Å²) in [7, 11) is 0. The molecule has 0 radical (unpaired) electrons. The maximum Gasteiger partial charge on any atom is 0.325 e. The van der Waals surface area contributed by atoms with Crippen LogP contribution in [0.3, 0.4) is 0 Å². The van der Waals surface area contributed by atoms with Crippen LogP contribution in [-0.2, 0) is 25.6 Å². The smallest absolute Gasteiger partial charge is 0.325 e. The highest BCUT2D eigenvalue weighted by Crippen LogP contribution is 2.04. The molecule has 10 nitrogen and oxygen atoms in total. The number of carbonyl (C=O) groups is 4. The number of hydrogen-bond acceptors (Lipinski definition) is 6. The number of carboxylic acid groups (broad SMARTS) is 1. The number of aliphatic hydroxyl groups excluding tert-OH is 1. The molecule has 3 unspecified atom stereocenters. The van der Waals surface area contributed by atoms with Crippen molar-refractivity contribution in [2.45, 2.75) is 31.5 Å². The molecule has 0 heterocycles. The lowest BCUT2D eigenvalue weighted by molar-refractivity contribution is -0.141. The number of amides is 3. The average molecular weight is 380 g/mol. The number of benzene rings is 1. The van der Waals surface area contributed by atoms with Gasteiger partial charge in [-0.1, -0.05) is 30.3 Å². The van der Waals surface area contributed by atoms with E-state index in [4.69, 9.17) is 15.9 Å². The van der Waals surface area contributed by atoms with Crippen LogP contribution in [0.4, 0.5) is 0 Å². The Morgan fingerprint density at radius 3 is 2.26 bits per heavy atom. The van der Waals surface area contributed by atoms with Crippen LogP contribution in [0.1, 0.15) is 12.5 Å². The number of nitrogens with one attached hydrogen (secondary N) is 3. The molecular formula is C17H24N4O6. The van der Waals surface area contributed by atoms with Gasteiger partial charge in [-0.05, 0) is 12.5 Å². The van der Waals surface area contributed by atoms with Gasteiger partial charge in [0.15, 0.2) is 0 Å². The number of carboxylic acids is 1. The molecule has 0 aliphatic rings. The van der Waals surface area contributed by atoms with Gasteiger partial charge in [0.05, 0.1) is 13.2 Å². The zero-order valence-electron chi connectivity index (χ0n) is 14.8. The predicted octanol–water partition coefficient (Wildman–Crippen LogP) is -2.26. The van der Waals surface area contributed by atoms with Gasteiger partial charge < -0.3 is 31.9 Å². The topological polar surface area (TPSA) is 171 Å². The summed E-state index contributed by atoms with van der Waals surface area (Å²) in [6, 6.07) is 5.56. The molecule has 0 saturated heterocycles. The van der Waals surface area contributed by atoms with E-state index in [1.54, 1.807) is 30.3 Å². The third-order valence-electron chi connectivity index (χ3n) is 3.62. The third-order valence-corrected chi connectivity index (χ3v) is 3.62. The summed E-state index contributed by atoms with van der Waals surface area (Å²) in [5, 5.41) is 24.7. The average Bonchev–Trinajstić information content (AvgIpc) is 2.65. The van der Waals surface area contributed by atoms with Crippen molar-refractivity contribution in [2.24, 2.45) is 5.73 Å². The van der Waals surface area contributed by atoms with Gasteiger partial charge >= 0.3 is 5.97 Å². The van der Waals surface area contributed by atoms with Gasteiger partial charge in [-0.2, -0.15) is 0 Å². The first kappa shape index (κ1) is 22.1. The highest BCUT2D eigenvalue weighted by molar-refractivity contribution is 5.92. The number of carbonyl (C=O) groups excluding carboxylic acids is 3. The van der Waals surface area contributed by atoms with Gasteiger partial charge in [0.25, 0.3) is 0 Å². The molecule has 3 amide bonds. The van der Waals surface area contributed by atoms with Gasteiger partial charge in [0.2, 0.25) is 17.7 Å². The molecule has 10 heteroatoms. The minimum atomic E-state index is -1.21. The Bertz CT molecular complexity index is 667. The summed E-state index contributed by atoms with van der Waals surface area (Å²) in [6.45, 7) is 0.251. The minimum Gasteiger partial charge on any atom is -0.480 e. The zero-order valence-corrected chi connectivity index (χ0v) is 14.8. The molecule has 1 aromatic rings. The Hall–Kier alpha value is -2.98. The van der Waals surface area contributed by atoms with Crippen molar-refractivity contribution in [3.63, 3.8) is 0 Å². The van der Waals surface area contributed by atoms with Crippen molar-refractivity contribution in [1.29, 1.82) is 0 Å². The van der Waals surface area contributed by atoms with Crippen molar-refractivity contribution in [1.82, 2.24) is 16.0 Å². The van der Waals surface area contributed by atoms with E-state index in [1.165, 1.54) is 6.92 Å². The van der Waals surface area contributed by atoms with Crippen molar-refractivity contribution in [3.8, 4) is 0 Å². The monoisotopic (exact) mass is 380 g/mol. The fraction of sp³-hybridized carbons (Fsp3) is 0.412. The van der Waals surface area contributed by atoms with Crippen LogP contribution >= 0.6 is 0 Å². The van der Waals surface area contributed by atoms with Gasteiger partial charge in [-0.15, -0.1) is 0 Å². The zero-order chi connectivity index (χ0) is 20.4. The largest absolute Gasteiger partial charge is 0.480 e. The summed E-state index contributed by atoms with van der Waals surface area (Å²) in [5.41, 5.74) is 6.21. The van der Waals surface area contributed by atoms with Crippen LogP contribution in [0.2, 0.25) is 0 Å². The van der Waals surface area contributed by atoms with E-state index in [9.17, 15) is 19.2 Å². The normalized spacial score (nSPS) is 13.7. The molecule has 0 aliphatic carbocycles. The van der Waals surface area contributed by atoms with Crippen LogP contribution < -0.4 is 21.7 Å². The van der Waals surface area contributed by atoms with Crippen LogP contribution in [0.15, 0.2) is 30.3 Å². The fourth-order valence-corrected chi connectivity index (χ4v) is 2.07. The summed E-state index contributed by atoms with van der Waals surface area (Å²) in [6.07, 6.45) is 0.143. The van der Waals surface area contributed by atoms with E-state index < -0.39 is 55.0 Å². The molecule has 0 fully saturated rings. The molecule has 3 atom stereocenters. The Kier molecular flexibility index (Phi) is 8.90. The molecule has 7 N–H and O–H groups in total. The number of hydrogen-bond donors (Lipinski definition) is 6. The van der Waals surface area contributed by atoms with Gasteiger partial charge in [0.1, 0.15) is 18.1 Å². The Labute approximate surface area is 156 Å². The van der Waals surface area contributed by atoms with Gasteiger partial charge in [-0.3, -0.25) is 19.2 Å². The summed E-state index contributed by atoms with van der Waals surface area (Å²) < 4.78 is 0. The van der Waals surface area contributed by atoms with Crippen molar-refractivity contribution < 1.29 is 29.4 Å². The van der Waals surface area contributed by atoms with Crippen LogP contribution in [0.5, 0.6) is 0 Å². The number of nitrogens with two attached hydrogens (primary N) is 1. The van der Waals surface area contributed by atoms with Crippen molar-refractivity contribution in [3.05, 3.63) is 35.9 Å². The van der Waals surface area contributed by atoms with Gasteiger partial charge in [0, 0.05) is 6.42 Å². The van der Waals surface area contributed by atoms with Crippen LogP contribution in [-0.4, -0.2) is 65.2 Å². The van der Waals surface area contributed by atoms with E-state index in [-0.39, 0.29) is 6.42 Å². The third kappa shape index (κ3) is 7.84. The first-order valence-electron chi connectivity index (χ1n) is 8.25. The summed E-state index contributed by atoms with van der Waals surface area (Å²) in [4.78, 5) is 46.7. The number of aliphatic hydroxyl groups is 1. The lowest BCUT2D eigenvalue weighted by atomic mass is 10.0. The highest BCUT2D eigenvalue weighted by atomic mass is 16.4. The summed E-state index contributed by atoms with van der Waals surface area (Å²) >= 11 is 0. The second-order valence-electron chi connectivity index (χ2n) is 5.89. The minimum absolute atomic E-state index is 0.143.